The Morgan fingerprint density at radius 3 is 2.33 bits per heavy atom. The molecule has 6 nitrogen and oxygen atoms in total. The standard InChI is InChI=1S/C17H25N3O3S/c1-3-20(4-2)16(17-11-8-12-23-17)14-19-24(21,22)18-13-15-9-6-5-7-10-15/h5-12,16,18-19H,3-4,13-14H2,1-2H3/t16-/m1/s1. The summed E-state index contributed by atoms with van der Waals surface area (Å²) in [6, 6.07) is 13.0. The lowest BCUT2D eigenvalue weighted by Crippen LogP contribution is -2.42. The van der Waals surface area contributed by atoms with Gasteiger partial charge in [0.25, 0.3) is 10.2 Å². The zero-order chi connectivity index (χ0) is 17.4. The van der Waals surface area contributed by atoms with Crippen molar-refractivity contribution in [3.8, 4) is 0 Å². The molecule has 2 rings (SSSR count). The molecule has 0 bridgehead atoms. The summed E-state index contributed by atoms with van der Waals surface area (Å²) < 4.78 is 35.1. The van der Waals surface area contributed by atoms with Gasteiger partial charge in [-0.3, -0.25) is 4.90 Å². The monoisotopic (exact) mass is 351 g/mol. The van der Waals surface area contributed by atoms with Gasteiger partial charge in [-0.2, -0.15) is 13.1 Å². The van der Waals surface area contributed by atoms with Gasteiger partial charge in [-0.05, 0) is 30.8 Å². The van der Waals surface area contributed by atoms with Crippen LogP contribution in [-0.4, -0.2) is 33.0 Å². The third-order valence-corrected chi connectivity index (χ3v) is 4.97. The van der Waals surface area contributed by atoms with Crippen molar-refractivity contribution in [2.75, 3.05) is 19.6 Å². The summed E-state index contributed by atoms with van der Waals surface area (Å²) in [5.74, 6) is 0.754. The quantitative estimate of drug-likeness (QED) is 0.689. The first kappa shape index (κ1) is 18.7. The maximum absolute atomic E-state index is 12.2. The number of likely N-dealkylation sites (N-methyl/N-ethyl adjacent to an activating group) is 1. The molecular formula is C17H25N3O3S. The van der Waals surface area contributed by atoms with Crippen molar-refractivity contribution in [3.63, 3.8) is 0 Å². The summed E-state index contributed by atoms with van der Waals surface area (Å²) in [5, 5.41) is 0. The van der Waals surface area contributed by atoms with Crippen molar-refractivity contribution in [1.29, 1.82) is 0 Å². The third kappa shape index (κ3) is 5.45. The Labute approximate surface area is 144 Å². The van der Waals surface area contributed by atoms with Crippen LogP contribution in [-0.2, 0) is 16.8 Å². The molecule has 0 saturated heterocycles. The van der Waals surface area contributed by atoms with Crippen LogP contribution in [0.3, 0.4) is 0 Å². The van der Waals surface area contributed by atoms with E-state index in [2.05, 4.69) is 14.3 Å². The molecule has 0 spiro atoms. The zero-order valence-corrected chi connectivity index (χ0v) is 14.9. The Morgan fingerprint density at radius 1 is 1.04 bits per heavy atom. The van der Waals surface area contributed by atoms with Crippen LogP contribution in [0.25, 0.3) is 0 Å². The molecule has 1 aromatic heterocycles. The lowest BCUT2D eigenvalue weighted by atomic mass is 10.2. The van der Waals surface area contributed by atoms with Crippen LogP contribution >= 0.6 is 0 Å². The van der Waals surface area contributed by atoms with Crippen LogP contribution in [0.1, 0.15) is 31.2 Å². The number of rotatable bonds is 10. The summed E-state index contributed by atoms with van der Waals surface area (Å²) in [7, 11) is -3.58. The number of nitrogens with one attached hydrogen (secondary N) is 2. The molecule has 0 fully saturated rings. The van der Waals surface area contributed by atoms with Crippen LogP contribution in [0.4, 0.5) is 0 Å². The fourth-order valence-electron chi connectivity index (χ4n) is 2.57. The normalized spacial score (nSPS) is 13.3. The first-order chi connectivity index (χ1) is 11.6. The van der Waals surface area contributed by atoms with Crippen molar-refractivity contribution in [3.05, 3.63) is 60.1 Å². The van der Waals surface area contributed by atoms with E-state index < -0.39 is 10.2 Å². The van der Waals surface area contributed by atoms with Gasteiger partial charge in [0.05, 0.1) is 12.3 Å². The van der Waals surface area contributed by atoms with Gasteiger partial charge in [0.15, 0.2) is 0 Å². The van der Waals surface area contributed by atoms with E-state index in [9.17, 15) is 8.42 Å². The van der Waals surface area contributed by atoms with E-state index in [1.807, 2.05) is 56.3 Å². The summed E-state index contributed by atoms with van der Waals surface area (Å²) in [6.07, 6.45) is 1.61. The Bertz CT molecular complexity index is 683. The van der Waals surface area contributed by atoms with Gasteiger partial charge >= 0.3 is 0 Å². The third-order valence-electron chi connectivity index (χ3n) is 3.90. The largest absolute Gasteiger partial charge is 0.468 e. The molecule has 7 heteroatoms. The van der Waals surface area contributed by atoms with E-state index in [0.717, 1.165) is 24.4 Å². The van der Waals surface area contributed by atoms with E-state index >= 15 is 0 Å². The first-order valence-electron chi connectivity index (χ1n) is 8.11. The number of hydrogen-bond donors (Lipinski definition) is 2. The van der Waals surface area contributed by atoms with Crippen LogP contribution in [0.15, 0.2) is 53.1 Å². The molecular weight excluding hydrogens is 326 g/mol. The topological polar surface area (TPSA) is 74.6 Å². The van der Waals surface area contributed by atoms with Crippen molar-refractivity contribution < 1.29 is 12.8 Å². The molecule has 0 radical (unpaired) electrons. The molecule has 0 aliphatic rings. The Kier molecular flexibility index (Phi) is 6.99. The fourth-order valence-corrected chi connectivity index (χ4v) is 3.40. The van der Waals surface area contributed by atoms with Gasteiger partial charge in [-0.1, -0.05) is 44.2 Å². The van der Waals surface area contributed by atoms with Gasteiger partial charge in [0.2, 0.25) is 0 Å². The van der Waals surface area contributed by atoms with Crippen molar-refractivity contribution in [1.82, 2.24) is 14.3 Å². The molecule has 0 unspecified atom stereocenters. The maximum atomic E-state index is 12.2. The van der Waals surface area contributed by atoms with Crippen LogP contribution in [0.2, 0.25) is 0 Å². The minimum Gasteiger partial charge on any atom is -0.468 e. The minimum atomic E-state index is -3.58. The predicted molar refractivity (Wildman–Crippen MR) is 94.6 cm³/mol. The molecule has 0 amide bonds. The molecule has 132 valence electrons. The Morgan fingerprint density at radius 2 is 1.75 bits per heavy atom. The van der Waals surface area contributed by atoms with Crippen LogP contribution in [0, 0.1) is 0 Å². The summed E-state index contributed by atoms with van der Waals surface area (Å²) in [6.45, 7) is 6.21. The van der Waals surface area contributed by atoms with Gasteiger partial charge in [0, 0.05) is 13.1 Å². The molecule has 0 saturated carbocycles. The number of hydrogen-bond acceptors (Lipinski definition) is 4. The highest BCUT2D eigenvalue weighted by Crippen LogP contribution is 2.20. The van der Waals surface area contributed by atoms with Gasteiger partial charge in [-0.15, -0.1) is 0 Å². The first-order valence-corrected chi connectivity index (χ1v) is 9.59. The SMILES string of the molecule is CCN(CC)[C@H](CNS(=O)(=O)NCc1ccccc1)c1ccco1. The van der Waals surface area contributed by atoms with Crippen LogP contribution < -0.4 is 9.44 Å². The van der Waals surface area contributed by atoms with Crippen molar-refractivity contribution in [2.24, 2.45) is 0 Å². The molecule has 1 heterocycles. The highest BCUT2D eigenvalue weighted by Gasteiger charge is 2.22. The van der Waals surface area contributed by atoms with Gasteiger partial charge < -0.3 is 4.42 Å². The van der Waals surface area contributed by atoms with E-state index in [1.54, 1.807) is 6.26 Å². The highest BCUT2D eigenvalue weighted by molar-refractivity contribution is 7.87. The number of benzene rings is 1. The van der Waals surface area contributed by atoms with Crippen molar-refractivity contribution in [2.45, 2.75) is 26.4 Å². The van der Waals surface area contributed by atoms with E-state index in [-0.39, 0.29) is 19.1 Å². The second-order valence-electron chi connectivity index (χ2n) is 5.41. The smallest absolute Gasteiger partial charge is 0.277 e. The lowest BCUT2D eigenvalue weighted by Gasteiger charge is -2.28. The van der Waals surface area contributed by atoms with Crippen molar-refractivity contribution >= 4 is 10.2 Å². The Hall–Kier alpha value is -1.67. The molecule has 0 aliphatic carbocycles. The second kappa shape index (κ2) is 8.98. The number of furan rings is 1. The molecule has 2 N–H and O–H groups in total. The molecule has 2 aromatic rings. The predicted octanol–water partition coefficient (Wildman–Crippen LogP) is 2.29. The van der Waals surface area contributed by atoms with E-state index in [0.29, 0.717) is 0 Å². The summed E-state index contributed by atoms with van der Waals surface area (Å²) in [4.78, 5) is 2.15. The lowest BCUT2D eigenvalue weighted by molar-refractivity contribution is 0.194. The average Bonchev–Trinajstić information content (AvgIpc) is 3.12. The molecule has 0 aliphatic heterocycles. The average molecular weight is 351 g/mol. The van der Waals surface area contributed by atoms with Gasteiger partial charge in [0.1, 0.15) is 5.76 Å². The molecule has 1 aromatic carbocycles. The van der Waals surface area contributed by atoms with Crippen LogP contribution in [0.5, 0.6) is 0 Å². The second-order valence-corrected chi connectivity index (χ2v) is 7.00. The van der Waals surface area contributed by atoms with E-state index in [1.165, 1.54) is 0 Å². The van der Waals surface area contributed by atoms with E-state index in [4.69, 9.17) is 4.42 Å². The molecule has 24 heavy (non-hydrogen) atoms. The maximum Gasteiger partial charge on any atom is 0.277 e. The minimum absolute atomic E-state index is 0.136. The fraction of sp³-hybridized carbons (Fsp3) is 0.412. The highest BCUT2D eigenvalue weighted by atomic mass is 32.2. The number of nitrogens with zero attached hydrogens (tertiary/aromatic N) is 1. The van der Waals surface area contributed by atoms with Gasteiger partial charge in [-0.25, -0.2) is 4.72 Å². The summed E-state index contributed by atoms with van der Waals surface area (Å²) >= 11 is 0. The molecule has 1 atom stereocenters. The summed E-state index contributed by atoms with van der Waals surface area (Å²) in [5.41, 5.74) is 0.911. The zero-order valence-electron chi connectivity index (χ0n) is 14.1. The Balaban J connectivity index is 1.97.